The first kappa shape index (κ1) is 24.5. The topological polar surface area (TPSA) is 79.4 Å². The van der Waals surface area contributed by atoms with Crippen LogP contribution in [-0.4, -0.2) is 35.1 Å². The van der Waals surface area contributed by atoms with Crippen molar-refractivity contribution >= 4 is 17.4 Å². The Labute approximate surface area is 201 Å². The SMILES string of the molecule is CC(C)NCCc1nccc(Oc2ccc3c(c2)CCN3C(=O)Nc2cccc(C(F)(F)F)c2)n1. The fraction of sp³-hybridized carbons (Fsp3) is 0.320. The largest absolute Gasteiger partial charge is 0.439 e. The van der Waals surface area contributed by atoms with Crippen molar-refractivity contribution in [3.8, 4) is 11.6 Å². The van der Waals surface area contributed by atoms with Crippen molar-refractivity contribution in [2.24, 2.45) is 0 Å². The Hall–Kier alpha value is -3.66. The molecule has 0 spiro atoms. The van der Waals surface area contributed by atoms with Crippen molar-refractivity contribution in [3.63, 3.8) is 0 Å². The average Bonchev–Trinajstić information content (AvgIpc) is 3.22. The van der Waals surface area contributed by atoms with Gasteiger partial charge in [0.25, 0.3) is 0 Å². The number of anilines is 2. The summed E-state index contributed by atoms with van der Waals surface area (Å²) in [4.78, 5) is 23.0. The molecule has 0 radical (unpaired) electrons. The van der Waals surface area contributed by atoms with Crippen LogP contribution in [0.3, 0.4) is 0 Å². The molecule has 0 saturated carbocycles. The fourth-order valence-corrected chi connectivity index (χ4v) is 3.77. The van der Waals surface area contributed by atoms with Gasteiger partial charge in [-0.2, -0.15) is 18.2 Å². The lowest BCUT2D eigenvalue weighted by Gasteiger charge is -2.19. The van der Waals surface area contributed by atoms with Crippen LogP contribution in [0.2, 0.25) is 0 Å². The predicted molar refractivity (Wildman–Crippen MR) is 127 cm³/mol. The Bertz CT molecular complexity index is 1200. The molecule has 0 bridgehead atoms. The van der Waals surface area contributed by atoms with Gasteiger partial charge in [-0.25, -0.2) is 9.78 Å². The summed E-state index contributed by atoms with van der Waals surface area (Å²) in [6.07, 6.45) is -1.55. The molecule has 4 rings (SSSR count). The van der Waals surface area contributed by atoms with Crippen LogP contribution in [0.15, 0.2) is 54.7 Å². The minimum absolute atomic E-state index is 0.0846. The van der Waals surface area contributed by atoms with Crippen LogP contribution in [-0.2, 0) is 19.0 Å². The quantitative estimate of drug-likeness (QED) is 0.467. The van der Waals surface area contributed by atoms with Gasteiger partial charge in [-0.05, 0) is 48.4 Å². The second kappa shape index (κ2) is 10.3. The highest BCUT2D eigenvalue weighted by atomic mass is 19.4. The molecule has 1 aliphatic heterocycles. The molecule has 184 valence electrons. The van der Waals surface area contributed by atoms with E-state index in [-0.39, 0.29) is 5.69 Å². The number of aromatic nitrogens is 2. The fourth-order valence-electron chi connectivity index (χ4n) is 3.77. The number of rotatable bonds is 7. The van der Waals surface area contributed by atoms with Crippen LogP contribution in [0.1, 0.15) is 30.8 Å². The third kappa shape index (κ3) is 6.27. The van der Waals surface area contributed by atoms with E-state index in [9.17, 15) is 18.0 Å². The molecule has 7 nitrogen and oxygen atoms in total. The molecule has 1 aliphatic rings. The van der Waals surface area contributed by atoms with E-state index in [2.05, 4.69) is 34.4 Å². The van der Waals surface area contributed by atoms with Crippen LogP contribution < -0.4 is 20.3 Å². The summed E-state index contributed by atoms with van der Waals surface area (Å²) in [6.45, 7) is 5.32. The van der Waals surface area contributed by atoms with E-state index in [1.54, 1.807) is 24.4 Å². The Kier molecular flexibility index (Phi) is 7.20. The first-order valence-electron chi connectivity index (χ1n) is 11.3. The van der Waals surface area contributed by atoms with Crippen molar-refractivity contribution in [2.45, 2.75) is 38.9 Å². The summed E-state index contributed by atoms with van der Waals surface area (Å²) in [5.74, 6) is 1.68. The predicted octanol–water partition coefficient (Wildman–Crippen LogP) is 5.42. The highest BCUT2D eigenvalue weighted by Gasteiger charge is 2.31. The number of amides is 2. The van der Waals surface area contributed by atoms with Gasteiger partial charge in [0, 0.05) is 49.2 Å². The normalized spacial score (nSPS) is 13.1. The van der Waals surface area contributed by atoms with Gasteiger partial charge in [0.2, 0.25) is 5.88 Å². The molecule has 2 heterocycles. The van der Waals surface area contributed by atoms with E-state index < -0.39 is 17.8 Å². The van der Waals surface area contributed by atoms with Crippen LogP contribution >= 0.6 is 0 Å². The number of carbonyl (C=O) groups is 1. The summed E-state index contributed by atoms with van der Waals surface area (Å²) in [5, 5.41) is 5.88. The summed E-state index contributed by atoms with van der Waals surface area (Å²) in [7, 11) is 0. The van der Waals surface area contributed by atoms with E-state index in [4.69, 9.17) is 4.74 Å². The molecule has 10 heteroatoms. The van der Waals surface area contributed by atoms with Crippen molar-refractivity contribution in [3.05, 3.63) is 71.7 Å². The molecule has 2 N–H and O–H groups in total. The van der Waals surface area contributed by atoms with Gasteiger partial charge in [0.1, 0.15) is 11.6 Å². The monoisotopic (exact) mass is 485 g/mol. The number of nitrogens with one attached hydrogen (secondary N) is 2. The molecule has 0 atom stereocenters. The molecule has 35 heavy (non-hydrogen) atoms. The maximum absolute atomic E-state index is 13.0. The Balaban J connectivity index is 1.41. The zero-order valence-electron chi connectivity index (χ0n) is 19.4. The van der Waals surface area contributed by atoms with Crippen LogP contribution in [0.25, 0.3) is 0 Å². The van der Waals surface area contributed by atoms with Gasteiger partial charge < -0.3 is 15.4 Å². The molecule has 0 fully saturated rings. The number of hydrogen-bond acceptors (Lipinski definition) is 5. The molecule has 2 amide bonds. The molecular weight excluding hydrogens is 459 g/mol. The second-order valence-corrected chi connectivity index (χ2v) is 8.47. The van der Waals surface area contributed by atoms with Crippen LogP contribution in [0, 0.1) is 0 Å². The van der Waals surface area contributed by atoms with E-state index in [0.717, 1.165) is 24.2 Å². The van der Waals surface area contributed by atoms with Crippen molar-refractivity contribution < 1.29 is 22.7 Å². The van der Waals surface area contributed by atoms with E-state index in [1.165, 1.54) is 17.0 Å². The van der Waals surface area contributed by atoms with Gasteiger partial charge in [-0.3, -0.25) is 4.90 Å². The first-order chi connectivity index (χ1) is 16.7. The average molecular weight is 486 g/mol. The van der Waals surface area contributed by atoms with Gasteiger partial charge in [0.15, 0.2) is 0 Å². The van der Waals surface area contributed by atoms with Gasteiger partial charge in [0.05, 0.1) is 5.56 Å². The second-order valence-electron chi connectivity index (χ2n) is 8.47. The number of halogens is 3. The number of fused-ring (bicyclic) bond motifs is 1. The standard InChI is InChI=1S/C25H26F3N5O2/c1-16(2)29-11-8-22-30-12-9-23(32-22)35-20-6-7-21-17(14-20)10-13-33(21)24(34)31-19-5-3-4-18(15-19)25(26,27)28/h3-7,9,12,14-16,29H,8,10-11,13H2,1-2H3,(H,31,34). The molecular formula is C25H26F3N5O2. The minimum atomic E-state index is -4.48. The number of ether oxygens (including phenoxy) is 1. The third-order valence-electron chi connectivity index (χ3n) is 5.44. The minimum Gasteiger partial charge on any atom is -0.439 e. The number of urea groups is 1. The Morgan fingerprint density at radius 1 is 1.17 bits per heavy atom. The van der Waals surface area contributed by atoms with E-state index >= 15 is 0 Å². The Morgan fingerprint density at radius 2 is 2.00 bits per heavy atom. The number of carbonyl (C=O) groups excluding carboxylic acids is 1. The number of nitrogens with zero attached hydrogens (tertiary/aromatic N) is 3. The van der Waals surface area contributed by atoms with Gasteiger partial charge in [-0.1, -0.05) is 19.9 Å². The van der Waals surface area contributed by atoms with Crippen molar-refractivity contribution in [1.82, 2.24) is 15.3 Å². The first-order valence-corrected chi connectivity index (χ1v) is 11.3. The summed E-state index contributed by atoms with van der Waals surface area (Å²) in [6, 6.07) is 11.5. The summed E-state index contributed by atoms with van der Waals surface area (Å²) < 4.78 is 44.8. The summed E-state index contributed by atoms with van der Waals surface area (Å²) >= 11 is 0. The number of hydrogen-bond donors (Lipinski definition) is 2. The summed E-state index contributed by atoms with van der Waals surface area (Å²) in [5.41, 5.74) is 0.853. The maximum atomic E-state index is 13.0. The van der Waals surface area contributed by atoms with Gasteiger partial charge in [-0.15, -0.1) is 0 Å². The number of benzene rings is 2. The molecule has 0 saturated heterocycles. The smallest absolute Gasteiger partial charge is 0.416 e. The van der Waals surface area contributed by atoms with Crippen LogP contribution in [0.5, 0.6) is 11.6 Å². The van der Waals surface area contributed by atoms with Crippen molar-refractivity contribution in [2.75, 3.05) is 23.3 Å². The lowest BCUT2D eigenvalue weighted by molar-refractivity contribution is -0.137. The third-order valence-corrected chi connectivity index (χ3v) is 5.44. The highest BCUT2D eigenvalue weighted by molar-refractivity contribution is 6.03. The highest BCUT2D eigenvalue weighted by Crippen LogP contribution is 2.34. The van der Waals surface area contributed by atoms with Crippen LogP contribution in [0.4, 0.5) is 29.3 Å². The van der Waals surface area contributed by atoms with E-state index in [0.29, 0.717) is 48.6 Å². The molecule has 2 aromatic carbocycles. The maximum Gasteiger partial charge on any atom is 0.416 e. The van der Waals surface area contributed by atoms with Crippen molar-refractivity contribution in [1.29, 1.82) is 0 Å². The lowest BCUT2D eigenvalue weighted by atomic mass is 10.1. The van der Waals surface area contributed by atoms with Gasteiger partial charge >= 0.3 is 12.2 Å². The lowest BCUT2D eigenvalue weighted by Crippen LogP contribution is -2.33. The van der Waals surface area contributed by atoms with E-state index in [1.807, 2.05) is 6.07 Å². The zero-order chi connectivity index (χ0) is 25.0. The Morgan fingerprint density at radius 3 is 2.77 bits per heavy atom. The molecule has 1 aromatic heterocycles. The molecule has 0 aliphatic carbocycles. The molecule has 0 unspecified atom stereocenters. The number of alkyl halides is 3. The zero-order valence-corrected chi connectivity index (χ0v) is 19.4. The molecule has 3 aromatic rings.